The topological polar surface area (TPSA) is 61.0 Å². The molecule has 0 saturated heterocycles. The van der Waals surface area contributed by atoms with E-state index < -0.39 is 0 Å². The summed E-state index contributed by atoms with van der Waals surface area (Å²) in [7, 11) is 0. The molecule has 2 amide bonds. The first kappa shape index (κ1) is 20.1. The van der Waals surface area contributed by atoms with Crippen LogP contribution in [0.5, 0.6) is 0 Å². The van der Waals surface area contributed by atoms with Crippen molar-refractivity contribution >= 4 is 22.6 Å². The van der Waals surface area contributed by atoms with Crippen LogP contribution < -0.4 is 5.32 Å². The number of benzene rings is 2. The number of nitrogens with one attached hydrogen (secondary N) is 2. The SMILES string of the molecule is O=C(NCC(c1ccccc1)c1ccccc1)N1CC=C(c2c[nH]c3ncccc23)CC1. The molecule has 2 aromatic carbocycles. The lowest BCUT2D eigenvalue weighted by Gasteiger charge is -2.28. The Hall–Kier alpha value is -3.86. The van der Waals surface area contributed by atoms with E-state index in [1.807, 2.05) is 53.6 Å². The van der Waals surface area contributed by atoms with Crippen LogP contribution in [-0.4, -0.2) is 40.5 Å². The smallest absolute Gasteiger partial charge is 0.317 e. The number of urea groups is 1. The number of nitrogens with zero attached hydrogens (tertiary/aromatic N) is 2. The first-order chi connectivity index (χ1) is 15.8. The molecule has 0 fully saturated rings. The second kappa shape index (κ2) is 9.10. The minimum absolute atomic E-state index is 0.0160. The summed E-state index contributed by atoms with van der Waals surface area (Å²) in [6, 6.07) is 24.7. The lowest BCUT2D eigenvalue weighted by atomic mass is 9.91. The van der Waals surface area contributed by atoms with Crippen LogP contribution in [0.2, 0.25) is 0 Å². The van der Waals surface area contributed by atoms with E-state index in [9.17, 15) is 4.79 Å². The fourth-order valence-corrected chi connectivity index (χ4v) is 4.42. The maximum atomic E-state index is 12.9. The highest BCUT2D eigenvalue weighted by Crippen LogP contribution is 2.28. The Kier molecular flexibility index (Phi) is 5.71. The molecule has 0 atom stereocenters. The number of hydrogen-bond donors (Lipinski definition) is 2. The largest absolute Gasteiger partial charge is 0.346 e. The maximum absolute atomic E-state index is 12.9. The van der Waals surface area contributed by atoms with Crippen molar-refractivity contribution in [2.45, 2.75) is 12.3 Å². The van der Waals surface area contributed by atoms with Crippen molar-refractivity contribution in [3.63, 3.8) is 0 Å². The maximum Gasteiger partial charge on any atom is 0.317 e. The molecule has 3 heterocycles. The summed E-state index contributed by atoms with van der Waals surface area (Å²) >= 11 is 0. The van der Waals surface area contributed by atoms with Crippen molar-refractivity contribution in [3.05, 3.63) is 108 Å². The van der Waals surface area contributed by atoms with Crippen molar-refractivity contribution in [2.24, 2.45) is 0 Å². The highest BCUT2D eigenvalue weighted by molar-refractivity contribution is 5.91. The van der Waals surface area contributed by atoms with Gasteiger partial charge in [0.15, 0.2) is 0 Å². The molecule has 0 saturated carbocycles. The number of carbonyl (C=O) groups is 1. The van der Waals surface area contributed by atoms with E-state index in [2.05, 4.69) is 51.7 Å². The average molecular weight is 423 g/mol. The summed E-state index contributed by atoms with van der Waals surface area (Å²) in [4.78, 5) is 22.4. The molecule has 1 aliphatic rings. The molecule has 2 aromatic heterocycles. The number of fused-ring (bicyclic) bond motifs is 1. The van der Waals surface area contributed by atoms with E-state index in [1.165, 1.54) is 22.3 Å². The van der Waals surface area contributed by atoms with Gasteiger partial charge >= 0.3 is 6.03 Å². The Bertz CT molecular complexity index is 1190. The predicted molar refractivity (Wildman–Crippen MR) is 128 cm³/mol. The molecule has 0 spiro atoms. The molecule has 5 heteroatoms. The van der Waals surface area contributed by atoms with Crippen LogP contribution >= 0.6 is 0 Å². The Balaban J connectivity index is 1.26. The van der Waals surface area contributed by atoms with Gasteiger partial charge in [-0.25, -0.2) is 9.78 Å². The molecular weight excluding hydrogens is 396 g/mol. The van der Waals surface area contributed by atoms with Gasteiger partial charge in [-0.1, -0.05) is 66.7 Å². The van der Waals surface area contributed by atoms with E-state index in [0.717, 1.165) is 17.5 Å². The molecule has 0 radical (unpaired) electrons. The number of aromatic nitrogens is 2. The summed E-state index contributed by atoms with van der Waals surface area (Å²) in [5.74, 6) is 0.121. The van der Waals surface area contributed by atoms with Crippen molar-refractivity contribution < 1.29 is 4.79 Å². The summed E-state index contributed by atoms with van der Waals surface area (Å²) in [6.07, 6.45) is 6.80. The molecule has 32 heavy (non-hydrogen) atoms. The predicted octanol–water partition coefficient (Wildman–Crippen LogP) is 5.19. The fraction of sp³-hybridized carbons (Fsp3) is 0.185. The first-order valence-electron chi connectivity index (χ1n) is 11.0. The molecule has 4 aromatic rings. The zero-order chi connectivity index (χ0) is 21.8. The van der Waals surface area contributed by atoms with E-state index in [4.69, 9.17) is 0 Å². The van der Waals surface area contributed by atoms with Gasteiger partial charge in [0, 0.05) is 48.9 Å². The molecule has 1 aliphatic heterocycles. The molecular formula is C27H26N4O. The van der Waals surface area contributed by atoms with Crippen molar-refractivity contribution in [1.82, 2.24) is 20.2 Å². The minimum atomic E-state index is -0.0160. The van der Waals surface area contributed by atoms with Crippen LogP contribution in [0, 0.1) is 0 Å². The third kappa shape index (κ3) is 4.14. The molecule has 2 N–H and O–H groups in total. The van der Waals surface area contributed by atoms with E-state index >= 15 is 0 Å². The van der Waals surface area contributed by atoms with Crippen molar-refractivity contribution in [3.8, 4) is 0 Å². The average Bonchev–Trinajstić information content (AvgIpc) is 3.30. The summed E-state index contributed by atoms with van der Waals surface area (Å²) in [5.41, 5.74) is 5.75. The molecule has 5 nitrogen and oxygen atoms in total. The van der Waals surface area contributed by atoms with Gasteiger partial charge in [-0.05, 0) is 35.3 Å². The number of amides is 2. The van der Waals surface area contributed by atoms with Crippen molar-refractivity contribution in [2.75, 3.05) is 19.6 Å². The monoisotopic (exact) mass is 422 g/mol. The molecule has 0 aliphatic carbocycles. The van der Waals surface area contributed by atoms with Gasteiger partial charge in [0.1, 0.15) is 5.65 Å². The Morgan fingerprint density at radius 2 is 1.72 bits per heavy atom. The van der Waals surface area contributed by atoms with Crippen LogP contribution in [0.25, 0.3) is 16.6 Å². The zero-order valence-electron chi connectivity index (χ0n) is 17.9. The van der Waals surface area contributed by atoms with Gasteiger partial charge in [0.2, 0.25) is 0 Å². The van der Waals surface area contributed by atoms with Gasteiger partial charge in [-0.15, -0.1) is 0 Å². The summed E-state index contributed by atoms with van der Waals surface area (Å²) in [6.45, 7) is 1.87. The summed E-state index contributed by atoms with van der Waals surface area (Å²) in [5, 5.41) is 4.30. The van der Waals surface area contributed by atoms with Crippen LogP contribution in [0.4, 0.5) is 4.79 Å². The lowest BCUT2D eigenvalue weighted by Crippen LogP contribution is -2.43. The number of H-pyrrole nitrogens is 1. The van der Waals surface area contributed by atoms with E-state index in [0.29, 0.717) is 19.6 Å². The Labute approximate surface area is 187 Å². The number of carbonyl (C=O) groups excluding carboxylic acids is 1. The van der Waals surface area contributed by atoms with Crippen LogP contribution in [-0.2, 0) is 0 Å². The van der Waals surface area contributed by atoms with E-state index in [1.54, 1.807) is 6.20 Å². The van der Waals surface area contributed by atoms with Gasteiger partial charge in [0.25, 0.3) is 0 Å². The van der Waals surface area contributed by atoms with Crippen LogP contribution in [0.15, 0.2) is 91.3 Å². The van der Waals surface area contributed by atoms with Gasteiger partial charge in [-0.2, -0.15) is 0 Å². The number of aromatic amines is 1. The molecule has 5 rings (SSSR count). The quantitative estimate of drug-likeness (QED) is 0.465. The minimum Gasteiger partial charge on any atom is -0.346 e. The standard InChI is InChI=1S/C27H26N4O/c32-27(30-18-24(20-8-3-1-4-9-20)21-10-5-2-6-11-21)31-16-13-22(14-17-31)25-19-29-26-23(25)12-7-15-28-26/h1-13,15,19,24H,14,16-18H2,(H,28,29)(H,30,32). The second-order valence-corrected chi connectivity index (χ2v) is 8.09. The number of hydrogen-bond acceptors (Lipinski definition) is 2. The van der Waals surface area contributed by atoms with Gasteiger partial charge in [0.05, 0.1) is 0 Å². The third-order valence-electron chi connectivity index (χ3n) is 6.15. The second-order valence-electron chi connectivity index (χ2n) is 8.09. The first-order valence-corrected chi connectivity index (χ1v) is 11.0. The highest BCUT2D eigenvalue weighted by Gasteiger charge is 2.21. The van der Waals surface area contributed by atoms with Gasteiger partial charge < -0.3 is 15.2 Å². The fourth-order valence-electron chi connectivity index (χ4n) is 4.42. The highest BCUT2D eigenvalue weighted by atomic mass is 16.2. The lowest BCUT2D eigenvalue weighted by molar-refractivity contribution is 0.203. The third-order valence-corrected chi connectivity index (χ3v) is 6.15. The number of pyridine rings is 1. The van der Waals surface area contributed by atoms with Crippen molar-refractivity contribution in [1.29, 1.82) is 0 Å². The summed E-state index contributed by atoms with van der Waals surface area (Å²) < 4.78 is 0. The molecule has 0 unspecified atom stereocenters. The number of rotatable bonds is 5. The Morgan fingerprint density at radius 1 is 1.00 bits per heavy atom. The molecule has 160 valence electrons. The van der Waals surface area contributed by atoms with E-state index in [-0.39, 0.29) is 11.9 Å². The molecule has 0 bridgehead atoms. The van der Waals surface area contributed by atoms with Crippen LogP contribution in [0.1, 0.15) is 29.0 Å². The zero-order valence-corrected chi connectivity index (χ0v) is 17.9. The Morgan fingerprint density at radius 3 is 2.38 bits per heavy atom. The van der Waals surface area contributed by atoms with Gasteiger partial charge in [-0.3, -0.25) is 0 Å². The normalized spacial score (nSPS) is 13.9. The van der Waals surface area contributed by atoms with Crippen LogP contribution in [0.3, 0.4) is 0 Å².